The number of carbonyl (C=O) groups excluding carboxylic acids is 1. The highest BCUT2D eigenvalue weighted by atomic mass is 16.5. The van der Waals surface area contributed by atoms with Crippen LogP contribution in [0, 0.1) is 0 Å². The number of likely N-dealkylation sites (tertiary alicyclic amines) is 1. The predicted octanol–water partition coefficient (Wildman–Crippen LogP) is 5.61. The molecule has 8 nitrogen and oxygen atoms in total. The third kappa shape index (κ3) is 6.27. The molecule has 1 saturated heterocycles. The van der Waals surface area contributed by atoms with Crippen molar-refractivity contribution < 1.29 is 14.3 Å². The molecule has 5 rings (SSSR count). The number of hydrogen-bond acceptors (Lipinski definition) is 7. The summed E-state index contributed by atoms with van der Waals surface area (Å²) in [5.74, 6) is 2.04. The van der Waals surface area contributed by atoms with E-state index in [1.165, 1.54) is 0 Å². The van der Waals surface area contributed by atoms with Crippen LogP contribution in [0.5, 0.6) is 11.5 Å². The Morgan fingerprint density at radius 2 is 1.26 bits per heavy atom. The zero-order valence-electron chi connectivity index (χ0n) is 21.6. The van der Waals surface area contributed by atoms with Crippen molar-refractivity contribution in [2.24, 2.45) is 0 Å². The van der Waals surface area contributed by atoms with Gasteiger partial charge in [-0.15, -0.1) is 0 Å². The van der Waals surface area contributed by atoms with Crippen LogP contribution in [0.3, 0.4) is 0 Å². The van der Waals surface area contributed by atoms with Crippen molar-refractivity contribution in [1.82, 2.24) is 14.9 Å². The fourth-order valence-electron chi connectivity index (χ4n) is 4.43. The molecule has 194 valence electrons. The van der Waals surface area contributed by atoms with Crippen molar-refractivity contribution in [3.63, 3.8) is 0 Å². The summed E-state index contributed by atoms with van der Waals surface area (Å²) >= 11 is 0. The number of hydrogen-bond donors (Lipinski definition) is 2. The fourth-order valence-corrected chi connectivity index (χ4v) is 4.43. The Morgan fingerprint density at radius 3 is 1.76 bits per heavy atom. The first kappa shape index (κ1) is 25.2. The third-order valence-corrected chi connectivity index (χ3v) is 6.49. The first-order valence-corrected chi connectivity index (χ1v) is 12.7. The van der Waals surface area contributed by atoms with E-state index in [-0.39, 0.29) is 5.91 Å². The number of rotatable bonds is 9. The van der Waals surface area contributed by atoms with E-state index in [1.807, 2.05) is 78.9 Å². The molecule has 1 aliphatic heterocycles. The molecule has 4 aromatic rings. The highest BCUT2D eigenvalue weighted by Gasteiger charge is 2.15. The van der Waals surface area contributed by atoms with Gasteiger partial charge in [-0.2, -0.15) is 0 Å². The van der Waals surface area contributed by atoms with Crippen LogP contribution in [0.25, 0.3) is 22.5 Å². The van der Waals surface area contributed by atoms with Gasteiger partial charge in [0.2, 0.25) is 11.9 Å². The van der Waals surface area contributed by atoms with Gasteiger partial charge in [-0.1, -0.05) is 0 Å². The molecule has 3 aromatic carbocycles. The number of carbonyl (C=O) groups is 1. The van der Waals surface area contributed by atoms with Gasteiger partial charge in [-0.05, 0) is 105 Å². The number of aromatic nitrogens is 2. The Hall–Kier alpha value is -4.43. The number of anilines is 3. The van der Waals surface area contributed by atoms with E-state index in [0.29, 0.717) is 12.5 Å². The summed E-state index contributed by atoms with van der Waals surface area (Å²) in [6.45, 7) is 2.41. The summed E-state index contributed by atoms with van der Waals surface area (Å²) < 4.78 is 10.6. The smallest absolute Gasteiger partial charge is 0.238 e. The first-order chi connectivity index (χ1) is 18.6. The highest BCUT2D eigenvalue weighted by molar-refractivity contribution is 5.92. The topological polar surface area (TPSA) is 88.6 Å². The van der Waals surface area contributed by atoms with Gasteiger partial charge in [-0.3, -0.25) is 9.69 Å². The van der Waals surface area contributed by atoms with E-state index >= 15 is 0 Å². The molecule has 38 heavy (non-hydrogen) atoms. The van der Waals surface area contributed by atoms with Crippen molar-refractivity contribution in [1.29, 1.82) is 0 Å². The quantitative estimate of drug-likeness (QED) is 0.303. The van der Waals surface area contributed by atoms with Gasteiger partial charge in [0.25, 0.3) is 0 Å². The number of nitrogens with one attached hydrogen (secondary N) is 2. The summed E-state index contributed by atoms with van der Waals surface area (Å²) in [5, 5.41) is 6.30. The minimum absolute atomic E-state index is 0.00673. The highest BCUT2D eigenvalue weighted by Crippen LogP contribution is 2.29. The molecule has 2 heterocycles. The van der Waals surface area contributed by atoms with Crippen molar-refractivity contribution in [2.75, 3.05) is 44.5 Å². The zero-order valence-corrected chi connectivity index (χ0v) is 21.6. The average molecular weight is 510 g/mol. The second kappa shape index (κ2) is 11.7. The second-order valence-corrected chi connectivity index (χ2v) is 9.15. The van der Waals surface area contributed by atoms with Gasteiger partial charge in [0, 0.05) is 22.5 Å². The first-order valence-electron chi connectivity index (χ1n) is 12.7. The SMILES string of the molecule is COc1ccc(-c2cc(-c3ccc(OC)cc3)nc(Nc3ccc(NC(=O)CN4CCCC4)cc3)n2)cc1. The number of ether oxygens (including phenoxy) is 2. The molecule has 1 fully saturated rings. The number of methoxy groups -OCH3 is 2. The van der Waals surface area contributed by atoms with Crippen molar-refractivity contribution in [3.05, 3.63) is 78.9 Å². The largest absolute Gasteiger partial charge is 0.497 e. The van der Waals surface area contributed by atoms with Crippen molar-refractivity contribution in [2.45, 2.75) is 12.8 Å². The molecule has 0 atom stereocenters. The number of nitrogens with zero attached hydrogens (tertiary/aromatic N) is 3. The maximum atomic E-state index is 12.4. The molecular weight excluding hydrogens is 478 g/mol. The van der Waals surface area contributed by atoms with Crippen molar-refractivity contribution >= 4 is 23.2 Å². The van der Waals surface area contributed by atoms with E-state index in [2.05, 4.69) is 15.5 Å². The summed E-state index contributed by atoms with van der Waals surface area (Å²) in [4.78, 5) is 24.1. The van der Waals surface area contributed by atoms with Crippen LogP contribution < -0.4 is 20.1 Å². The molecule has 0 unspecified atom stereocenters. The third-order valence-electron chi connectivity index (χ3n) is 6.49. The molecule has 0 saturated carbocycles. The van der Waals surface area contributed by atoms with Crippen LogP contribution in [-0.2, 0) is 4.79 Å². The Balaban J connectivity index is 1.37. The van der Waals surface area contributed by atoms with Crippen molar-refractivity contribution in [3.8, 4) is 34.0 Å². The lowest BCUT2D eigenvalue weighted by atomic mass is 10.1. The monoisotopic (exact) mass is 509 g/mol. The Morgan fingerprint density at radius 1 is 0.763 bits per heavy atom. The molecule has 0 aliphatic carbocycles. The summed E-state index contributed by atoms with van der Waals surface area (Å²) in [6.07, 6.45) is 2.32. The van der Waals surface area contributed by atoms with Gasteiger partial charge < -0.3 is 20.1 Å². The lowest BCUT2D eigenvalue weighted by Gasteiger charge is -2.14. The summed E-state index contributed by atoms with van der Waals surface area (Å²) in [5.41, 5.74) is 5.02. The average Bonchev–Trinajstić information content (AvgIpc) is 3.47. The molecule has 1 amide bonds. The maximum Gasteiger partial charge on any atom is 0.238 e. The Labute approximate surface area is 222 Å². The van der Waals surface area contributed by atoms with Crippen LogP contribution in [0.4, 0.5) is 17.3 Å². The fraction of sp³-hybridized carbons (Fsp3) is 0.233. The summed E-state index contributed by atoms with van der Waals surface area (Å²) in [6, 6.07) is 25.1. The molecule has 2 N–H and O–H groups in total. The van der Waals surface area contributed by atoms with E-state index in [0.717, 1.165) is 71.3 Å². The minimum Gasteiger partial charge on any atom is -0.497 e. The lowest BCUT2D eigenvalue weighted by Crippen LogP contribution is -2.30. The second-order valence-electron chi connectivity index (χ2n) is 9.15. The van der Waals surface area contributed by atoms with E-state index in [9.17, 15) is 4.79 Å². The van der Waals surface area contributed by atoms with Crippen LogP contribution in [-0.4, -0.2) is 54.6 Å². The Kier molecular flexibility index (Phi) is 7.80. The van der Waals surface area contributed by atoms with Crippen LogP contribution >= 0.6 is 0 Å². The van der Waals surface area contributed by atoms with E-state index < -0.39 is 0 Å². The Bertz CT molecular complexity index is 1300. The zero-order chi connectivity index (χ0) is 26.3. The molecule has 0 radical (unpaired) electrons. The maximum absolute atomic E-state index is 12.4. The lowest BCUT2D eigenvalue weighted by molar-refractivity contribution is -0.117. The number of amides is 1. The van der Waals surface area contributed by atoms with Gasteiger partial charge in [0.05, 0.1) is 32.2 Å². The van der Waals surface area contributed by atoms with Gasteiger partial charge in [0.1, 0.15) is 11.5 Å². The predicted molar refractivity (Wildman–Crippen MR) is 150 cm³/mol. The standard InChI is InChI=1S/C30H31N5O3/c1-37-25-13-5-21(6-14-25)27-19-28(22-7-15-26(38-2)16-8-22)34-30(33-27)32-24-11-9-23(10-12-24)31-29(36)20-35-17-3-4-18-35/h5-16,19H,3-4,17-18,20H2,1-2H3,(H,31,36)(H,32,33,34). The molecular formula is C30H31N5O3. The van der Waals surface area contributed by atoms with E-state index in [4.69, 9.17) is 19.4 Å². The van der Waals surface area contributed by atoms with Gasteiger partial charge >= 0.3 is 0 Å². The molecule has 1 aliphatic rings. The van der Waals surface area contributed by atoms with Crippen LogP contribution in [0.1, 0.15) is 12.8 Å². The molecule has 0 bridgehead atoms. The molecule has 0 spiro atoms. The van der Waals surface area contributed by atoms with Gasteiger partial charge in [-0.25, -0.2) is 9.97 Å². The summed E-state index contributed by atoms with van der Waals surface area (Å²) in [7, 11) is 3.29. The normalized spacial score (nSPS) is 13.2. The van der Waals surface area contributed by atoms with Gasteiger partial charge in [0.15, 0.2) is 0 Å². The minimum atomic E-state index is 0.00673. The van der Waals surface area contributed by atoms with Crippen LogP contribution in [0.2, 0.25) is 0 Å². The van der Waals surface area contributed by atoms with Crippen LogP contribution in [0.15, 0.2) is 78.9 Å². The number of benzene rings is 3. The van der Waals surface area contributed by atoms with E-state index in [1.54, 1.807) is 14.2 Å². The molecule has 1 aromatic heterocycles. The molecule has 8 heteroatoms.